The van der Waals surface area contributed by atoms with Gasteiger partial charge in [0.05, 0.1) is 12.4 Å². The predicted molar refractivity (Wildman–Crippen MR) is 103 cm³/mol. The van der Waals surface area contributed by atoms with Crippen LogP contribution in [0.2, 0.25) is 0 Å². The molecule has 4 rings (SSSR count). The van der Waals surface area contributed by atoms with Crippen molar-refractivity contribution in [2.45, 2.75) is 24.6 Å². The summed E-state index contributed by atoms with van der Waals surface area (Å²) >= 11 is 0. The first-order valence-corrected chi connectivity index (χ1v) is 9.35. The van der Waals surface area contributed by atoms with Gasteiger partial charge in [-0.15, -0.1) is 0 Å². The second-order valence-electron chi connectivity index (χ2n) is 7.06. The van der Waals surface area contributed by atoms with E-state index < -0.39 is 41.6 Å². The highest BCUT2D eigenvalue weighted by Gasteiger charge is 2.38. The summed E-state index contributed by atoms with van der Waals surface area (Å²) in [6.45, 7) is 0.913. The van der Waals surface area contributed by atoms with Crippen molar-refractivity contribution in [1.29, 1.82) is 0 Å². The van der Waals surface area contributed by atoms with E-state index in [1.165, 1.54) is 6.33 Å². The fraction of sp³-hybridized carbons (Fsp3) is 0.316. The number of alkyl halides is 3. The minimum absolute atomic E-state index is 0.105. The number of carboxylic acid groups (broad SMARTS) is 1. The Morgan fingerprint density at radius 1 is 1.09 bits per heavy atom. The predicted octanol–water partition coefficient (Wildman–Crippen LogP) is 2.79. The lowest BCUT2D eigenvalue weighted by Crippen LogP contribution is -2.48. The van der Waals surface area contributed by atoms with Gasteiger partial charge in [0.25, 0.3) is 0 Å². The average Bonchev–Trinajstić information content (AvgIpc) is 2.76. The molecule has 2 atom stereocenters. The van der Waals surface area contributed by atoms with Gasteiger partial charge in [-0.1, -0.05) is 0 Å². The first-order valence-electron chi connectivity index (χ1n) is 9.35. The van der Waals surface area contributed by atoms with Gasteiger partial charge in [-0.05, 0) is 18.1 Å². The van der Waals surface area contributed by atoms with Crippen molar-refractivity contribution < 1.29 is 36.2 Å². The summed E-state index contributed by atoms with van der Waals surface area (Å²) in [5.41, 5.74) is 7.37. The monoisotopic (exact) mass is 474 g/mol. The molecule has 1 aliphatic heterocycles. The number of hydrogen-bond donors (Lipinski definition) is 2. The molecule has 2 aromatic heterocycles. The Balaban J connectivity index is 0.000000383. The van der Waals surface area contributed by atoms with Crippen molar-refractivity contribution in [1.82, 2.24) is 19.9 Å². The molecule has 0 bridgehead atoms. The molecular weight excluding hydrogens is 458 g/mol. The number of aromatic nitrogens is 4. The van der Waals surface area contributed by atoms with Crippen LogP contribution in [-0.2, 0) is 4.79 Å². The normalized spacial score (nSPS) is 18.6. The molecule has 0 spiro atoms. The minimum atomic E-state index is -5.08. The summed E-state index contributed by atoms with van der Waals surface area (Å²) in [7, 11) is 0. The highest BCUT2D eigenvalue weighted by atomic mass is 19.4. The van der Waals surface area contributed by atoms with Gasteiger partial charge >= 0.3 is 12.1 Å². The van der Waals surface area contributed by atoms with Crippen molar-refractivity contribution >= 4 is 23.0 Å². The second kappa shape index (κ2) is 9.52. The molecule has 1 saturated heterocycles. The van der Waals surface area contributed by atoms with Gasteiger partial charge in [-0.25, -0.2) is 37.9 Å². The summed E-state index contributed by atoms with van der Waals surface area (Å²) in [5, 5.41) is 7.12. The van der Waals surface area contributed by atoms with Gasteiger partial charge in [0.15, 0.2) is 17.3 Å². The SMILES string of the molecule is N[C@H]1CN(c2cnc3cncnc3n2)CC[C@@H]1c1cc(F)c(F)cc1F.O=C(O)C(F)(F)F. The number of nitrogens with two attached hydrogens (primary N) is 1. The van der Waals surface area contributed by atoms with Gasteiger partial charge in [-0.2, -0.15) is 13.2 Å². The lowest BCUT2D eigenvalue weighted by Gasteiger charge is -2.37. The van der Waals surface area contributed by atoms with E-state index in [0.717, 1.165) is 6.07 Å². The molecule has 3 aromatic rings. The van der Waals surface area contributed by atoms with Gasteiger partial charge in [0.1, 0.15) is 23.5 Å². The maximum atomic E-state index is 14.1. The lowest BCUT2D eigenvalue weighted by molar-refractivity contribution is -0.192. The molecule has 1 aliphatic rings. The van der Waals surface area contributed by atoms with Crippen LogP contribution in [0.25, 0.3) is 11.2 Å². The molecule has 0 radical (unpaired) electrons. The number of aliphatic carboxylic acids is 1. The number of halogens is 6. The van der Waals surface area contributed by atoms with Gasteiger partial charge < -0.3 is 15.7 Å². The summed E-state index contributed by atoms with van der Waals surface area (Å²) < 4.78 is 72.5. The molecule has 176 valence electrons. The van der Waals surface area contributed by atoms with Gasteiger partial charge in [0.2, 0.25) is 0 Å². The zero-order valence-electron chi connectivity index (χ0n) is 16.6. The molecule has 0 saturated carbocycles. The van der Waals surface area contributed by atoms with Crippen LogP contribution in [0.4, 0.5) is 32.2 Å². The molecule has 1 aromatic carbocycles. The molecule has 0 aliphatic carbocycles. The van der Waals surface area contributed by atoms with E-state index in [-0.39, 0.29) is 5.56 Å². The average molecular weight is 474 g/mol. The number of anilines is 1. The quantitative estimate of drug-likeness (QED) is 0.430. The number of hydrogen-bond acceptors (Lipinski definition) is 7. The van der Waals surface area contributed by atoms with Crippen LogP contribution < -0.4 is 10.6 Å². The van der Waals surface area contributed by atoms with Gasteiger partial charge in [0, 0.05) is 31.1 Å². The minimum Gasteiger partial charge on any atom is -0.475 e. The number of rotatable bonds is 2. The first kappa shape index (κ1) is 24.1. The molecular formula is C19H16F6N6O2. The van der Waals surface area contributed by atoms with Crippen molar-refractivity contribution in [2.24, 2.45) is 5.73 Å². The van der Waals surface area contributed by atoms with Gasteiger partial charge in [-0.3, -0.25) is 0 Å². The van der Waals surface area contributed by atoms with Crippen LogP contribution in [0, 0.1) is 17.5 Å². The highest BCUT2D eigenvalue weighted by molar-refractivity contribution is 5.73. The Hall–Kier alpha value is -3.55. The Morgan fingerprint density at radius 3 is 2.39 bits per heavy atom. The largest absolute Gasteiger partial charge is 0.490 e. The Bertz CT molecular complexity index is 1160. The number of fused-ring (bicyclic) bond motifs is 1. The fourth-order valence-corrected chi connectivity index (χ4v) is 3.31. The van der Waals surface area contributed by atoms with Crippen LogP contribution in [0.1, 0.15) is 17.9 Å². The molecule has 14 heteroatoms. The number of benzene rings is 1. The molecule has 0 unspecified atom stereocenters. The molecule has 0 amide bonds. The Labute approximate surface area is 182 Å². The maximum absolute atomic E-state index is 14.1. The standard InChI is InChI=1S/C17H15F3N6.C2HF3O2/c18-11-4-13(20)12(19)3-10(11)9-1-2-26(7-14(9)21)16-6-23-15-5-22-8-24-17(15)25-16;3-2(4,5)1(6)7/h3-6,8-9,14H,1-2,7,21H2;(H,6,7)/t9-,14+;/m1./s1. The van der Waals surface area contributed by atoms with Crippen molar-refractivity contribution in [2.75, 3.05) is 18.0 Å². The van der Waals surface area contributed by atoms with Crippen LogP contribution in [0.15, 0.2) is 30.9 Å². The van der Waals surface area contributed by atoms with E-state index in [0.29, 0.717) is 42.6 Å². The number of carboxylic acids is 1. The molecule has 8 nitrogen and oxygen atoms in total. The second-order valence-corrected chi connectivity index (χ2v) is 7.06. The van der Waals surface area contributed by atoms with Crippen LogP contribution >= 0.6 is 0 Å². The molecule has 33 heavy (non-hydrogen) atoms. The van der Waals surface area contributed by atoms with E-state index in [9.17, 15) is 26.3 Å². The van der Waals surface area contributed by atoms with Crippen LogP contribution in [0.3, 0.4) is 0 Å². The van der Waals surface area contributed by atoms with Crippen molar-refractivity contribution in [3.8, 4) is 0 Å². The first-order chi connectivity index (χ1) is 15.5. The zero-order chi connectivity index (χ0) is 24.3. The lowest BCUT2D eigenvalue weighted by atomic mass is 9.85. The van der Waals surface area contributed by atoms with Crippen LogP contribution in [0.5, 0.6) is 0 Å². The topological polar surface area (TPSA) is 118 Å². The Kier molecular flexibility index (Phi) is 6.95. The molecule has 3 heterocycles. The van der Waals surface area contributed by atoms with Crippen LogP contribution in [-0.4, -0.2) is 56.3 Å². The number of piperidine rings is 1. The zero-order valence-corrected chi connectivity index (χ0v) is 16.6. The van der Waals surface area contributed by atoms with Crippen molar-refractivity contribution in [3.05, 3.63) is 53.9 Å². The third kappa shape index (κ3) is 5.63. The smallest absolute Gasteiger partial charge is 0.475 e. The summed E-state index contributed by atoms with van der Waals surface area (Å²) in [6.07, 6.45) is -0.0307. The van der Waals surface area contributed by atoms with Crippen molar-refractivity contribution in [3.63, 3.8) is 0 Å². The molecule has 3 N–H and O–H groups in total. The summed E-state index contributed by atoms with van der Waals surface area (Å²) in [5.74, 6) is -5.61. The third-order valence-electron chi connectivity index (χ3n) is 4.88. The summed E-state index contributed by atoms with van der Waals surface area (Å²) in [6, 6.07) is 1.00. The fourth-order valence-electron chi connectivity index (χ4n) is 3.31. The van der Waals surface area contributed by atoms with E-state index in [4.69, 9.17) is 15.6 Å². The van der Waals surface area contributed by atoms with E-state index in [1.807, 2.05) is 4.90 Å². The third-order valence-corrected chi connectivity index (χ3v) is 4.88. The van der Waals surface area contributed by atoms with E-state index >= 15 is 0 Å². The summed E-state index contributed by atoms with van der Waals surface area (Å²) in [4.78, 5) is 27.5. The van der Waals surface area contributed by atoms with E-state index in [2.05, 4.69) is 19.9 Å². The number of carbonyl (C=O) groups is 1. The maximum Gasteiger partial charge on any atom is 0.490 e. The Morgan fingerprint density at radius 2 is 1.76 bits per heavy atom. The molecule has 1 fully saturated rings. The highest BCUT2D eigenvalue weighted by Crippen LogP contribution is 2.32. The van der Waals surface area contributed by atoms with E-state index in [1.54, 1.807) is 12.4 Å². The number of nitrogens with zero attached hydrogens (tertiary/aromatic N) is 5.